The van der Waals surface area contributed by atoms with E-state index >= 15 is 0 Å². The molecule has 0 spiro atoms. The van der Waals surface area contributed by atoms with E-state index in [0.29, 0.717) is 37.4 Å². The molecule has 43 heteroatoms. The quantitative estimate of drug-likeness (QED) is 0.00208. The standard InChI is InChI=1S/C51H68N11O26P3S3/c1-30-37(52)10-8-34-42(35-9-11-38(53)45(94(75,76)77)44(35)86-43(30)34)36-24-31(6-7-33(36)48(64)65)47(63)57-15-20-78-22-23-79-21-16-59-50(67)82-19-13-51(2,3)93-92-29-80-17-4-5-18-81-49(66)58-14-12-32(46(54)55)26-60-41-25-39(83-28-61-62-56)40(85-41)27-84-90(71,72)88-91(73,74)87-89(68,69)70/h6-11,24,26,39-41,52,60H,4-5,13,15-23,25,27-29,53H2,1-3H3,(H3,54,55)(H,57,63)(H,58,66)(H,59,67)(H,64,65)(H,71,72)(H,73,74)(H2,68,69,70)(H,75,76,77)/b32-26-,52-37?/t39?,40-,41-/m1/s1. The molecule has 0 saturated carbocycles. The molecular formula is C51H68N11O26P3S3. The summed E-state index contributed by atoms with van der Waals surface area (Å²) in [5.74, 6) is 0.339. The van der Waals surface area contributed by atoms with E-state index in [0.717, 1.165) is 6.20 Å². The number of ether oxygens (including phenoxy) is 7. The number of nitrogen functional groups attached to an aromatic ring is 1. The minimum Gasteiger partial charge on any atom is -0.478 e. The van der Waals surface area contributed by atoms with Crippen LogP contribution >= 0.6 is 45.1 Å². The second-order valence-corrected chi connectivity index (χ2v) is 28.7. The number of hydrogen-bond acceptors (Lipinski definition) is 27. The van der Waals surface area contributed by atoms with E-state index in [1.165, 1.54) is 53.3 Å². The number of carbonyl (C=O) groups is 4. The molecule has 3 amide bonds. The number of nitrogens with zero attached hydrogens (tertiary/aromatic N) is 3. The number of unbranched alkanes of at least 4 members (excludes halogenated alkanes) is 1. The van der Waals surface area contributed by atoms with Crippen molar-refractivity contribution in [3.63, 3.8) is 0 Å². The van der Waals surface area contributed by atoms with E-state index in [4.69, 9.17) is 75.2 Å². The molecule has 3 aliphatic rings. The Morgan fingerprint density at radius 1 is 0.915 bits per heavy atom. The van der Waals surface area contributed by atoms with E-state index in [1.807, 2.05) is 13.8 Å². The molecule has 2 aromatic rings. The number of nitrogens with two attached hydrogens (primary N) is 2. The first kappa shape index (κ1) is 77.8. The highest BCUT2D eigenvalue weighted by atomic mass is 33.1. The molecule has 0 radical (unpaired) electrons. The Hall–Kier alpha value is -6.89. The lowest BCUT2D eigenvalue weighted by Crippen LogP contribution is -2.30. The van der Waals surface area contributed by atoms with E-state index < -0.39 is 100 Å². The Bertz CT molecular complexity index is 3820. The number of phosphoric acid groups is 3. The van der Waals surface area contributed by atoms with Crippen LogP contribution in [0.2, 0.25) is 0 Å². The molecule has 5 rings (SSSR count). The highest BCUT2D eigenvalue weighted by Gasteiger charge is 2.43. The third kappa shape index (κ3) is 25.7. The molecule has 5 atom stereocenters. The topological polar surface area (TPSA) is 577 Å². The monoisotopic (exact) mass is 1440 g/mol. The number of carboxylic acid groups (broad SMARTS) is 1. The molecular weight excluding hydrogens is 1370 g/mol. The Morgan fingerprint density at radius 2 is 1.61 bits per heavy atom. The SMILES string of the molecule is Cc1c2oc3c(S(=O)(=O)O)c(N)ccc3c(-c3cc(C(=O)NCCOCCOCCNC(=O)OCCC(C)(C)SSCOCCCCOC(=O)NC#C/C(=C/N[C@H]4CC(OCN=[N+]=[N-])[C@@H](COP(=O)(O)OP(=O)(O)OP(=O)(O)O)O4)C(=N)N)ccc3C(=O)O)c-2ccc1=N. The molecule has 1 saturated heterocycles. The number of hydrogen-bond donors (Lipinski definition) is 14. The van der Waals surface area contributed by atoms with E-state index in [-0.39, 0.29) is 125 Å². The maximum Gasteiger partial charge on any atom is 0.490 e. The van der Waals surface area contributed by atoms with Crippen molar-refractivity contribution in [2.75, 3.05) is 84.3 Å². The number of carboxylic acids is 1. The summed E-state index contributed by atoms with van der Waals surface area (Å²) >= 11 is 0. The molecule has 2 aromatic carbocycles. The van der Waals surface area contributed by atoms with Gasteiger partial charge >= 0.3 is 41.6 Å². The maximum atomic E-state index is 13.4. The first-order chi connectivity index (χ1) is 44.2. The number of alkyl carbamates (subject to hydrolysis) is 2. The molecule has 37 nitrogen and oxygen atoms in total. The normalized spacial score (nSPS) is 16.4. The second-order valence-electron chi connectivity index (χ2n) is 20.0. The number of benzene rings is 3. The van der Waals surface area contributed by atoms with E-state index in [1.54, 1.807) is 17.7 Å². The van der Waals surface area contributed by atoms with Crippen molar-refractivity contribution in [3.05, 3.63) is 86.7 Å². The van der Waals surface area contributed by atoms with Crippen LogP contribution < -0.4 is 38.1 Å². The summed E-state index contributed by atoms with van der Waals surface area (Å²) in [6.07, 6.45) is -2.24. The van der Waals surface area contributed by atoms with Crippen molar-refractivity contribution < 1.29 is 121 Å². The predicted molar refractivity (Wildman–Crippen MR) is 335 cm³/mol. The average Bonchev–Trinajstić information content (AvgIpc) is 0.816. The van der Waals surface area contributed by atoms with Gasteiger partial charge in [0.05, 0.1) is 74.5 Å². The van der Waals surface area contributed by atoms with Gasteiger partial charge in [0.2, 0.25) is 0 Å². The lowest BCUT2D eigenvalue weighted by Gasteiger charge is -2.22. The molecule has 516 valence electrons. The van der Waals surface area contributed by atoms with Gasteiger partial charge in [0.15, 0.2) is 10.5 Å². The van der Waals surface area contributed by atoms with Crippen LogP contribution in [0.15, 0.2) is 68.7 Å². The smallest absolute Gasteiger partial charge is 0.478 e. The number of carbonyl (C=O) groups excluding carboxylic acids is 3. The number of nitrogens with one attached hydrogen (secondary N) is 6. The summed E-state index contributed by atoms with van der Waals surface area (Å²) in [5.41, 5.74) is 19.9. The highest BCUT2D eigenvalue weighted by molar-refractivity contribution is 8.77. The molecule has 3 unspecified atom stereocenters. The first-order valence-corrected chi connectivity index (χ1v) is 35.7. The first-order valence-electron chi connectivity index (χ1n) is 27.4. The minimum atomic E-state index is -5.80. The van der Waals surface area contributed by atoms with Crippen LogP contribution in [0, 0.1) is 29.7 Å². The summed E-state index contributed by atoms with van der Waals surface area (Å²) in [5, 5.41) is 39.9. The fourth-order valence-electron chi connectivity index (χ4n) is 8.21. The highest BCUT2D eigenvalue weighted by Crippen LogP contribution is 2.66. The van der Waals surface area contributed by atoms with Crippen molar-refractivity contribution in [1.29, 1.82) is 10.8 Å². The zero-order valence-electron chi connectivity index (χ0n) is 50.1. The number of rotatable bonds is 38. The summed E-state index contributed by atoms with van der Waals surface area (Å²) in [4.78, 5) is 88.8. The van der Waals surface area contributed by atoms with Gasteiger partial charge in [-0.15, -0.1) is 0 Å². The van der Waals surface area contributed by atoms with Crippen molar-refractivity contribution in [3.8, 4) is 34.4 Å². The van der Waals surface area contributed by atoms with Crippen molar-refractivity contribution in [2.45, 2.75) is 74.5 Å². The zero-order valence-corrected chi connectivity index (χ0v) is 55.2. The van der Waals surface area contributed by atoms with Gasteiger partial charge in [-0.2, -0.15) is 17.0 Å². The third-order valence-corrected chi connectivity index (χ3v) is 20.3. The number of aromatic carboxylic acids is 1. The van der Waals surface area contributed by atoms with Crippen LogP contribution in [0.4, 0.5) is 15.3 Å². The van der Waals surface area contributed by atoms with Gasteiger partial charge in [0.25, 0.3) is 16.0 Å². The number of phosphoric ester groups is 1. The molecule has 94 heavy (non-hydrogen) atoms. The van der Waals surface area contributed by atoms with E-state index in [9.17, 15) is 60.7 Å². The number of amides is 3. The van der Waals surface area contributed by atoms with Gasteiger partial charge in [0, 0.05) is 75.7 Å². The van der Waals surface area contributed by atoms with Crippen LogP contribution in [0.25, 0.3) is 43.9 Å². The maximum absolute atomic E-state index is 13.4. The van der Waals surface area contributed by atoms with Gasteiger partial charge < -0.3 is 95.1 Å². The van der Waals surface area contributed by atoms with Crippen LogP contribution in [0.3, 0.4) is 0 Å². The van der Waals surface area contributed by atoms with Crippen molar-refractivity contribution in [1.82, 2.24) is 21.3 Å². The third-order valence-electron chi connectivity index (χ3n) is 12.5. The van der Waals surface area contributed by atoms with Gasteiger partial charge in [-0.3, -0.25) is 19.3 Å². The summed E-state index contributed by atoms with van der Waals surface area (Å²) in [7, 11) is -18.9. The predicted octanol–water partition coefficient (Wildman–Crippen LogP) is 5.52. The minimum absolute atomic E-state index is 0.0177. The Kier molecular flexibility index (Phi) is 30.0. The Labute approximate surface area is 543 Å². The fraction of sp³-hybridized carbons (Fsp3) is 0.451. The molecule has 2 heterocycles. The largest absolute Gasteiger partial charge is 0.490 e. The molecule has 2 aliphatic heterocycles. The fourth-order valence-corrected chi connectivity index (χ4v) is 14.3. The van der Waals surface area contributed by atoms with Crippen molar-refractivity contribution in [2.24, 2.45) is 10.8 Å². The number of anilines is 1. The lowest BCUT2D eigenvalue weighted by atomic mass is 9.88. The summed E-state index contributed by atoms with van der Waals surface area (Å²) in [6, 6.07) is 11.8. The zero-order chi connectivity index (χ0) is 69.4. The number of fused-ring (bicyclic) bond motifs is 2. The van der Waals surface area contributed by atoms with Crippen LogP contribution in [0.1, 0.15) is 65.8 Å². The average molecular weight is 1440 g/mol. The van der Waals surface area contributed by atoms with Crippen LogP contribution in [-0.4, -0.2) is 169 Å². The van der Waals surface area contributed by atoms with Crippen molar-refractivity contribution >= 4 is 102 Å². The van der Waals surface area contributed by atoms with Gasteiger partial charge in [-0.25, -0.2) is 33.4 Å². The molecule has 16 N–H and O–H groups in total. The summed E-state index contributed by atoms with van der Waals surface area (Å²) < 4.78 is 126. The van der Waals surface area contributed by atoms with E-state index in [2.05, 4.69) is 56.4 Å². The number of amidine groups is 1. The molecule has 0 bridgehead atoms. The summed E-state index contributed by atoms with van der Waals surface area (Å²) in [6.45, 7) is 5.39. The molecule has 0 aromatic heterocycles. The van der Waals surface area contributed by atoms with Gasteiger partial charge in [0.1, 0.15) is 36.6 Å². The lowest BCUT2D eigenvalue weighted by molar-refractivity contribution is -0.0477. The molecule has 1 aliphatic carbocycles. The second kappa shape index (κ2) is 36.3. The molecule has 1 fully saturated rings. The van der Waals surface area contributed by atoms with Crippen LogP contribution in [0.5, 0.6) is 0 Å². The Morgan fingerprint density at radius 3 is 2.28 bits per heavy atom. The van der Waals surface area contributed by atoms with Crippen LogP contribution in [-0.2, 0) is 70.1 Å². The Balaban J connectivity index is 0.901. The van der Waals surface area contributed by atoms with Gasteiger partial charge in [-0.1, -0.05) is 26.7 Å². The van der Waals surface area contributed by atoms with Gasteiger partial charge in [-0.05, 0) is 99.5 Å². The number of azide groups is 1.